The Kier molecular flexibility index (Phi) is 3.41. The second-order valence-corrected chi connectivity index (χ2v) is 4.24. The minimum Gasteiger partial charge on any atom is -0.365 e. The van der Waals surface area contributed by atoms with Gasteiger partial charge in [-0.1, -0.05) is 6.42 Å². The molecule has 2 atom stereocenters. The van der Waals surface area contributed by atoms with E-state index in [1.54, 1.807) is 12.3 Å². The largest absolute Gasteiger partial charge is 0.365 e. The van der Waals surface area contributed by atoms with Crippen molar-refractivity contribution in [2.45, 2.75) is 25.3 Å². The summed E-state index contributed by atoms with van der Waals surface area (Å²) >= 11 is 5.85. The first-order valence-corrected chi connectivity index (χ1v) is 5.77. The van der Waals surface area contributed by atoms with Crippen LogP contribution in [0.5, 0.6) is 0 Å². The van der Waals surface area contributed by atoms with Crippen molar-refractivity contribution in [1.82, 2.24) is 4.98 Å². The predicted molar refractivity (Wildman–Crippen MR) is 59.7 cm³/mol. The molecule has 1 aliphatic rings. The summed E-state index contributed by atoms with van der Waals surface area (Å²) in [5, 5.41) is 3.14. The summed E-state index contributed by atoms with van der Waals surface area (Å²) in [7, 11) is 0. The number of nitrogens with zero attached hydrogens (tertiary/aromatic N) is 1. The molecule has 15 heavy (non-hydrogen) atoms. The highest BCUT2D eigenvalue weighted by atomic mass is 35.5. The minimum absolute atomic E-state index is 0.270. The fourth-order valence-corrected chi connectivity index (χ4v) is 2.45. The van der Waals surface area contributed by atoms with Crippen LogP contribution in [0.1, 0.15) is 19.3 Å². The van der Waals surface area contributed by atoms with E-state index < -0.39 is 0 Å². The van der Waals surface area contributed by atoms with Crippen molar-refractivity contribution in [1.29, 1.82) is 0 Å². The fraction of sp³-hybridized carbons (Fsp3) is 0.545. The Morgan fingerprint density at radius 1 is 1.53 bits per heavy atom. The number of alkyl halides is 1. The molecule has 1 heterocycles. The van der Waals surface area contributed by atoms with Crippen molar-refractivity contribution >= 4 is 17.4 Å². The number of halogens is 2. The molecular formula is C11H14ClFN2. The van der Waals surface area contributed by atoms with Crippen molar-refractivity contribution in [2.75, 3.05) is 11.2 Å². The molecular weight excluding hydrogens is 215 g/mol. The average molecular weight is 229 g/mol. The van der Waals surface area contributed by atoms with E-state index in [9.17, 15) is 4.39 Å². The molecule has 4 heteroatoms. The van der Waals surface area contributed by atoms with Gasteiger partial charge >= 0.3 is 0 Å². The average Bonchev–Trinajstić information content (AvgIpc) is 2.69. The lowest BCUT2D eigenvalue weighted by Gasteiger charge is -2.19. The Bertz CT molecular complexity index is 332. The van der Waals surface area contributed by atoms with Gasteiger partial charge in [0.15, 0.2) is 11.6 Å². The Morgan fingerprint density at radius 2 is 2.40 bits per heavy atom. The molecule has 1 aromatic rings. The third-order valence-electron chi connectivity index (χ3n) is 2.94. The monoisotopic (exact) mass is 228 g/mol. The summed E-state index contributed by atoms with van der Waals surface area (Å²) in [5.74, 6) is 1.12. The van der Waals surface area contributed by atoms with Crippen molar-refractivity contribution in [3.05, 3.63) is 24.1 Å². The number of hydrogen-bond acceptors (Lipinski definition) is 2. The summed E-state index contributed by atoms with van der Waals surface area (Å²) < 4.78 is 13.3. The molecule has 1 aromatic heterocycles. The first kappa shape index (κ1) is 10.7. The van der Waals surface area contributed by atoms with Crippen LogP contribution in [0.15, 0.2) is 18.3 Å². The predicted octanol–water partition coefficient (Wildman–Crippen LogP) is 3.04. The second-order valence-electron chi connectivity index (χ2n) is 3.93. The summed E-state index contributed by atoms with van der Waals surface area (Å²) in [6.45, 7) is 0. The van der Waals surface area contributed by atoms with Gasteiger partial charge in [0, 0.05) is 18.1 Å². The fourth-order valence-electron chi connectivity index (χ4n) is 2.08. The van der Waals surface area contributed by atoms with Crippen LogP contribution >= 0.6 is 11.6 Å². The molecule has 0 bridgehead atoms. The van der Waals surface area contributed by atoms with Gasteiger partial charge in [0.25, 0.3) is 0 Å². The maximum Gasteiger partial charge on any atom is 0.165 e. The van der Waals surface area contributed by atoms with Crippen LogP contribution in [0.2, 0.25) is 0 Å². The minimum atomic E-state index is -0.294. The van der Waals surface area contributed by atoms with E-state index in [0.29, 0.717) is 17.6 Å². The van der Waals surface area contributed by atoms with Gasteiger partial charge < -0.3 is 5.32 Å². The lowest BCUT2D eigenvalue weighted by molar-refractivity contribution is 0.552. The number of anilines is 1. The highest BCUT2D eigenvalue weighted by molar-refractivity contribution is 6.18. The topological polar surface area (TPSA) is 24.9 Å². The maximum atomic E-state index is 13.3. The number of nitrogens with one attached hydrogen (secondary N) is 1. The van der Waals surface area contributed by atoms with E-state index in [4.69, 9.17) is 11.6 Å². The molecule has 1 saturated carbocycles. The standard InChI is InChI=1S/C11H14ClFN2/c12-7-8-3-1-5-10(8)15-11-9(13)4-2-6-14-11/h2,4,6,8,10H,1,3,5,7H2,(H,14,15). The first-order valence-electron chi connectivity index (χ1n) is 5.24. The number of hydrogen-bond donors (Lipinski definition) is 1. The van der Waals surface area contributed by atoms with Gasteiger partial charge in [-0.15, -0.1) is 11.6 Å². The van der Waals surface area contributed by atoms with E-state index in [1.807, 2.05) is 0 Å². The molecule has 0 saturated heterocycles. The summed E-state index contributed by atoms with van der Waals surface area (Å²) in [5.41, 5.74) is 0. The maximum absolute atomic E-state index is 13.3. The van der Waals surface area contributed by atoms with Crippen LogP contribution in [-0.2, 0) is 0 Å². The van der Waals surface area contributed by atoms with E-state index in [-0.39, 0.29) is 11.9 Å². The molecule has 1 aliphatic carbocycles. The van der Waals surface area contributed by atoms with Gasteiger partial charge in [0.05, 0.1) is 0 Å². The molecule has 0 spiro atoms. The molecule has 2 nitrogen and oxygen atoms in total. The lowest BCUT2D eigenvalue weighted by Crippen LogP contribution is -2.26. The second kappa shape index (κ2) is 4.79. The van der Waals surface area contributed by atoms with E-state index >= 15 is 0 Å². The summed E-state index contributed by atoms with van der Waals surface area (Å²) in [4.78, 5) is 3.98. The zero-order chi connectivity index (χ0) is 10.7. The van der Waals surface area contributed by atoms with E-state index in [1.165, 1.54) is 6.07 Å². The highest BCUT2D eigenvalue weighted by Gasteiger charge is 2.27. The van der Waals surface area contributed by atoms with Gasteiger partial charge in [0.2, 0.25) is 0 Å². The van der Waals surface area contributed by atoms with Crippen molar-refractivity contribution in [3.63, 3.8) is 0 Å². The molecule has 0 amide bonds. The zero-order valence-corrected chi connectivity index (χ0v) is 9.17. The molecule has 0 aromatic carbocycles. The zero-order valence-electron chi connectivity index (χ0n) is 8.42. The van der Waals surface area contributed by atoms with Crippen molar-refractivity contribution in [3.8, 4) is 0 Å². The Hall–Kier alpha value is -0.830. The number of pyridine rings is 1. The molecule has 2 unspecified atom stereocenters. The molecule has 1 N–H and O–H groups in total. The van der Waals surface area contributed by atoms with E-state index in [2.05, 4.69) is 10.3 Å². The molecule has 0 radical (unpaired) electrons. The van der Waals surface area contributed by atoms with Gasteiger partial charge in [0.1, 0.15) is 0 Å². The van der Waals surface area contributed by atoms with Crippen LogP contribution in [0, 0.1) is 11.7 Å². The van der Waals surface area contributed by atoms with Gasteiger partial charge in [-0.05, 0) is 30.9 Å². The third kappa shape index (κ3) is 2.40. The number of aromatic nitrogens is 1. The van der Waals surface area contributed by atoms with Gasteiger partial charge in [-0.3, -0.25) is 0 Å². The molecule has 2 rings (SSSR count). The molecule has 82 valence electrons. The van der Waals surface area contributed by atoms with Crippen LogP contribution in [0.3, 0.4) is 0 Å². The Morgan fingerprint density at radius 3 is 3.13 bits per heavy atom. The third-order valence-corrected chi connectivity index (χ3v) is 3.33. The Balaban J connectivity index is 2.05. The van der Waals surface area contributed by atoms with Crippen LogP contribution < -0.4 is 5.32 Å². The van der Waals surface area contributed by atoms with Crippen molar-refractivity contribution in [2.24, 2.45) is 5.92 Å². The first-order chi connectivity index (χ1) is 7.31. The quantitative estimate of drug-likeness (QED) is 0.805. The molecule has 0 aliphatic heterocycles. The van der Waals surface area contributed by atoms with Gasteiger partial charge in [-0.2, -0.15) is 0 Å². The van der Waals surface area contributed by atoms with Crippen LogP contribution in [0.4, 0.5) is 10.2 Å². The smallest absolute Gasteiger partial charge is 0.165 e. The Labute approximate surface area is 93.9 Å². The van der Waals surface area contributed by atoms with E-state index in [0.717, 1.165) is 19.3 Å². The number of rotatable bonds is 3. The van der Waals surface area contributed by atoms with Crippen molar-refractivity contribution < 1.29 is 4.39 Å². The normalized spacial score (nSPS) is 25.5. The lowest BCUT2D eigenvalue weighted by atomic mass is 10.1. The van der Waals surface area contributed by atoms with Gasteiger partial charge in [-0.25, -0.2) is 9.37 Å². The highest BCUT2D eigenvalue weighted by Crippen LogP contribution is 2.29. The van der Waals surface area contributed by atoms with Crippen LogP contribution in [0.25, 0.3) is 0 Å². The van der Waals surface area contributed by atoms with Crippen LogP contribution in [-0.4, -0.2) is 16.9 Å². The summed E-state index contributed by atoms with van der Waals surface area (Å²) in [6.07, 6.45) is 4.92. The molecule has 1 fully saturated rings. The SMILES string of the molecule is Fc1cccnc1NC1CCCC1CCl. The summed E-state index contributed by atoms with van der Waals surface area (Å²) in [6, 6.07) is 3.28.